The summed E-state index contributed by atoms with van der Waals surface area (Å²) < 4.78 is 2.16. The Bertz CT molecular complexity index is 1070. The molecule has 6 nitrogen and oxygen atoms in total. The number of anilines is 1. The summed E-state index contributed by atoms with van der Waals surface area (Å²) in [6.45, 7) is 10.3. The van der Waals surface area contributed by atoms with Crippen molar-refractivity contribution < 1.29 is 4.79 Å². The van der Waals surface area contributed by atoms with E-state index < -0.39 is 0 Å². The fourth-order valence-corrected chi connectivity index (χ4v) is 5.18. The molecule has 0 radical (unpaired) electrons. The smallest absolute Gasteiger partial charge is 0.223 e. The third-order valence-corrected chi connectivity index (χ3v) is 6.77. The van der Waals surface area contributed by atoms with Crippen molar-refractivity contribution in [2.75, 3.05) is 5.32 Å². The monoisotopic (exact) mass is 423 g/mol. The summed E-state index contributed by atoms with van der Waals surface area (Å²) in [6.07, 6.45) is 5.88. The second kappa shape index (κ2) is 8.30. The van der Waals surface area contributed by atoms with Gasteiger partial charge in [0, 0.05) is 36.0 Å². The zero-order chi connectivity index (χ0) is 21.4. The third kappa shape index (κ3) is 3.67. The summed E-state index contributed by atoms with van der Waals surface area (Å²) in [5.41, 5.74) is 6.68. The molecule has 30 heavy (non-hydrogen) atoms. The first-order chi connectivity index (χ1) is 14.4. The van der Waals surface area contributed by atoms with Crippen LogP contribution in [0.25, 0.3) is 21.8 Å². The van der Waals surface area contributed by atoms with Gasteiger partial charge in [-0.05, 0) is 44.2 Å². The molecule has 3 aromatic rings. The van der Waals surface area contributed by atoms with Crippen LogP contribution in [0.3, 0.4) is 0 Å². The normalized spacial score (nSPS) is 16.1. The number of pyridine rings is 1. The number of fused-ring (bicyclic) bond motifs is 3. The predicted octanol–water partition coefficient (Wildman–Crippen LogP) is 5.61. The van der Waals surface area contributed by atoms with Crippen LogP contribution in [0.2, 0.25) is 0 Å². The highest BCUT2D eigenvalue weighted by atomic mass is 32.1. The van der Waals surface area contributed by atoms with Gasteiger partial charge < -0.3 is 5.32 Å². The van der Waals surface area contributed by atoms with Crippen LogP contribution in [0, 0.1) is 0 Å². The highest BCUT2D eigenvalue weighted by molar-refractivity contribution is 7.19. The molecule has 0 saturated heterocycles. The predicted molar refractivity (Wildman–Crippen MR) is 122 cm³/mol. The van der Waals surface area contributed by atoms with Crippen molar-refractivity contribution in [2.45, 2.75) is 72.3 Å². The van der Waals surface area contributed by atoms with Gasteiger partial charge in [0.05, 0.1) is 22.0 Å². The van der Waals surface area contributed by atoms with E-state index >= 15 is 0 Å². The molecule has 1 aliphatic rings. The van der Waals surface area contributed by atoms with E-state index in [1.807, 2.05) is 6.20 Å². The van der Waals surface area contributed by atoms with Gasteiger partial charge in [-0.25, -0.2) is 4.98 Å². The number of thiazole rings is 1. The van der Waals surface area contributed by atoms with Gasteiger partial charge in [0.1, 0.15) is 0 Å². The van der Waals surface area contributed by atoms with Crippen molar-refractivity contribution >= 4 is 22.4 Å². The van der Waals surface area contributed by atoms with Gasteiger partial charge in [-0.1, -0.05) is 38.5 Å². The van der Waals surface area contributed by atoms with Crippen molar-refractivity contribution in [3.8, 4) is 21.8 Å². The summed E-state index contributed by atoms with van der Waals surface area (Å²) >= 11 is 1.55. The van der Waals surface area contributed by atoms with E-state index in [0.717, 1.165) is 58.9 Å². The Morgan fingerprint density at radius 1 is 1.37 bits per heavy atom. The molecule has 0 aromatic carbocycles. The van der Waals surface area contributed by atoms with Crippen molar-refractivity contribution in [2.24, 2.45) is 0 Å². The largest absolute Gasteiger partial charge is 0.302 e. The Morgan fingerprint density at radius 2 is 2.17 bits per heavy atom. The van der Waals surface area contributed by atoms with Gasteiger partial charge in [-0.3, -0.25) is 14.5 Å². The number of aryl methyl sites for hydroxylation is 1. The molecule has 1 aliphatic carbocycles. The van der Waals surface area contributed by atoms with Crippen LogP contribution >= 0.6 is 11.3 Å². The molecule has 0 fully saturated rings. The summed E-state index contributed by atoms with van der Waals surface area (Å²) in [6, 6.07) is 4.54. The maximum atomic E-state index is 11.6. The second-order valence-corrected chi connectivity index (χ2v) is 9.18. The molecule has 4 rings (SSSR count). The number of nitrogens with one attached hydrogen (secondary N) is 1. The summed E-state index contributed by atoms with van der Waals surface area (Å²) in [5, 5.41) is 8.62. The number of carbonyl (C=O) groups excluding carboxylic acids is 1. The van der Waals surface area contributed by atoms with Gasteiger partial charge >= 0.3 is 0 Å². The zero-order valence-corrected chi connectivity index (χ0v) is 19.1. The summed E-state index contributed by atoms with van der Waals surface area (Å²) in [7, 11) is 0. The highest BCUT2D eigenvalue weighted by Gasteiger charge is 2.34. The fourth-order valence-electron chi connectivity index (χ4n) is 4.09. The van der Waals surface area contributed by atoms with E-state index in [1.165, 1.54) is 12.5 Å². The van der Waals surface area contributed by atoms with E-state index in [2.05, 4.69) is 54.8 Å². The van der Waals surface area contributed by atoms with E-state index in [9.17, 15) is 4.79 Å². The van der Waals surface area contributed by atoms with Gasteiger partial charge in [0.25, 0.3) is 0 Å². The van der Waals surface area contributed by atoms with E-state index in [-0.39, 0.29) is 11.9 Å². The molecule has 2 unspecified atom stereocenters. The molecule has 0 bridgehead atoms. The third-order valence-electron chi connectivity index (χ3n) is 5.75. The lowest BCUT2D eigenvalue weighted by Crippen LogP contribution is -2.12. The molecule has 1 N–H and O–H groups in total. The summed E-state index contributed by atoms with van der Waals surface area (Å²) in [5.74, 6) is 0.201. The van der Waals surface area contributed by atoms with Crippen LogP contribution < -0.4 is 5.32 Å². The first-order valence-electron chi connectivity index (χ1n) is 10.8. The van der Waals surface area contributed by atoms with Gasteiger partial charge in [0.15, 0.2) is 5.13 Å². The molecule has 7 heteroatoms. The van der Waals surface area contributed by atoms with Crippen LogP contribution in [0.1, 0.15) is 76.4 Å². The maximum absolute atomic E-state index is 11.6. The fraction of sp³-hybridized carbons (Fsp3) is 0.478. The van der Waals surface area contributed by atoms with Gasteiger partial charge in [-0.15, -0.1) is 0 Å². The number of amides is 1. The first kappa shape index (κ1) is 20.7. The second-order valence-electron chi connectivity index (χ2n) is 8.18. The first-order valence-corrected chi connectivity index (χ1v) is 11.6. The van der Waals surface area contributed by atoms with E-state index in [1.54, 1.807) is 11.3 Å². The molecule has 3 heterocycles. The lowest BCUT2D eigenvalue weighted by atomic mass is 9.86. The molecule has 1 amide bonds. The van der Waals surface area contributed by atoms with Crippen LogP contribution in [0.15, 0.2) is 18.3 Å². The number of hydrogen-bond donors (Lipinski definition) is 1. The number of rotatable bonds is 6. The van der Waals surface area contributed by atoms with Crippen molar-refractivity contribution in [3.05, 3.63) is 35.3 Å². The minimum atomic E-state index is -0.0938. The summed E-state index contributed by atoms with van der Waals surface area (Å²) in [4.78, 5) is 22.1. The van der Waals surface area contributed by atoms with Crippen LogP contribution in [-0.2, 0) is 17.6 Å². The molecule has 0 saturated carbocycles. The maximum Gasteiger partial charge on any atom is 0.223 e. The Kier molecular flexibility index (Phi) is 5.73. The minimum absolute atomic E-state index is 0.0938. The van der Waals surface area contributed by atoms with Crippen molar-refractivity contribution in [3.63, 3.8) is 0 Å². The zero-order valence-electron chi connectivity index (χ0n) is 18.3. The van der Waals surface area contributed by atoms with Crippen LogP contribution in [0.4, 0.5) is 5.13 Å². The Morgan fingerprint density at radius 3 is 2.80 bits per heavy atom. The Hall–Kier alpha value is -2.54. The molecule has 2 atom stereocenters. The van der Waals surface area contributed by atoms with E-state index in [0.29, 0.717) is 11.0 Å². The van der Waals surface area contributed by atoms with Gasteiger partial charge in [-0.2, -0.15) is 5.10 Å². The number of aromatic nitrogens is 4. The number of nitrogens with zero attached hydrogens (tertiary/aromatic N) is 4. The lowest BCUT2D eigenvalue weighted by molar-refractivity contribution is -0.114. The topological polar surface area (TPSA) is 72.7 Å². The molecule has 3 aromatic heterocycles. The van der Waals surface area contributed by atoms with E-state index in [4.69, 9.17) is 10.1 Å². The van der Waals surface area contributed by atoms with Gasteiger partial charge in [0.2, 0.25) is 5.91 Å². The average molecular weight is 424 g/mol. The SMILES string of the molecule is CCCc1ccc(-c2nn(C(C)CC)c3c2C(C)Cc2nc(NC(C)=O)sc2-3)cn1. The highest BCUT2D eigenvalue weighted by Crippen LogP contribution is 2.48. The standard InChI is InChI=1S/C23H29N5OS/c1-6-8-17-10-9-16(12-24-17)20-19-13(3)11-18-22(30-23(26-18)25-15(5)29)21(19)28(27-20)14(4)7-2/h9-10,12-14H,6-8,11H2,1-5H3,(H,25,26,29). The lowest BCUT2D eigenvalue weighted by Gasteiger charge is -2.21. The molecule has 0 spiro atoms. The number of carbonyl (C=O) groups is 1. The van der Waals surface area contributed by atoms with Crippen LogP contribution in [0.5, 0.6) is 0 Å². The average Bonchev–Trinajstić information content (AvgIpc) is 3.29. The van der Waals surface area contributed by atoms with Crippen molar-refractivity contribution in [1.82, 2.24) is 19.7 Å². The molecular formula is C23H29N5OS. The quantitative estimate of drug-likeness (QED) is 0.559. The molecule has 158 valence electrons. The minimum Gasteiger partial charge on any atom is -0.302 e. The molecular weight excluding hydrogens is 394 g/mol. The Balaban J connectivity index is 1.87. The van der Waals surface area contributed by atoms with Crippen molar-refractivity contribution in [1.29, 1.82) is 0 Å². The molecule has 0 aliphatic heterocycles. The Labute approximate surface area is 181 Å². The number of hydrogen-bond acceptors (Lipinski definition) is 5. The van der Waals surface area contributed by atoms with Crippen LogP contribution in [-0.4, -0.2) is 25.7 Å².